The molecule has 1 heterocycles. The lowest BCUT2D eigenvalue weighted by Gasteiger charge is -2.72. The number of halogens is 1. The maximum absolute atomic E-state index is 14.7. The van der Waals surface area contributed by atoms with Crippen LogP contribution in [0, 0.1) is 62.0 Å². The fraction of sp³-hybridized carbons (Fsp3) is 0.711. The first-order chi connectivity index (χ1) is 24.7. The summed E-state index contributed by atoms with van der Waals surface area (Å²) >= 11 is 0. The first kappa shape index (κ1) is 38.1. The number of esters is 1. The van der Waals surface area contributed by atoms with Crippen LogP contribution in [0.4, 0.5) is 4.39 Å². The summed E-state index contributed by atoms with van der Waals surface area (Å²) in [5.41, 5.74) is 1.55. The number of hydrogen-bond acceptors (Lipinski definition) is 7. The lowest BCUT2D eigenvalue weighted by Crippen LogP contribution is -2.65. The Balaban J connectivity index is 1.18. The molecule has 0 N–H and O–H groups in total. The van der Waals surface area contributed by atoms with Crippen molar-refractivity contribution >= 4 is 17.5 Å². The van der Waals surface area contributed by atoms with Crippen molar-refractivity contribution in [2.45, 2.75) is 146 Å². The molecule has 53 heavy (non-hydrogen) atoms. The van der Waals surface area contributed by atoms with Crippen molar-refractivity contribution in [2.24, 2.45) is 56.2 Å². The Hall–Kier alpha value is -3.16. The molecule has 0 radical (unpaired) electrons. The molecule has 5 aliphatic rings. The Morgan fingerprint density at radius 2 is 1.66 bits per heavy atom. The first-order valence-electron chi connectivity index (χ1n) is 20.3. The van der Waals surface area contributed by atoms with E-state index in [2.05, 4.69) is 58.7 Å². The Kier molecular flexibility index (Phi) is 9.13. The van der Waals surface area contributed by atoms with E-state index in [1.165, 1.54) is 11.6 Å². The van der Waals surface area contributed by atoms with Crippen LogP contribution in [-0.2, 0) is 25.5 Å². The molecule has 1 aromatic carbocycles. The standard InChI is InChI=1S/C45H61FN2O5/c1-26(2)37-31(50)23-45(24-35-47-48-39(53-35)28-13-11-12-14-30(28)46)22-21-43(9)29(38(37)45)15-16-33-42(8)19-18-34(52-36(51)25-40(4,5)27(3)49)41(6,7)32(42)17-20-44(33,43)10/h11-14,26,29,32-34H,15-25H2,1-10H3. The van der Waals surface area contributed by atoms with Crippen molar-refractivity contribution in [1.29, 1.82) is 0 Å². The highest BCUT2D eigenvalue weighted by molar-refractivity contribution is 6.00. The second kappa shape index (κ2) is 12.7. The van der Waals surface area contributed by atoms with Gasteiger partial charge in [-0.25, -0.2) is 4.39 Å². The zero-order valence-electron chi connectivity index (χ0n) is 33.8. The van der Waals surface area contributed by atoms with Gasteiger partial charge in [0.25, 0.3) is 5.89 Å². The summed E-state index contributed by atoms with van der Waals surface area (Å²) in [6.45, 7) is 21.8. The van der Waals surface area contributed by atoms with Crippen LogP contribution >= 0.6 is 0 Å². The van der Waals surface area contributed by atoms with Gasteiger partial charge in [-0.2, -0.15) is 0 Å². The monoisotopic (exact) mass is 728 g/mol. The van der Waals surface area contributed by atoms with Gasteiger partial charge in [-0.1, -0.05) is 80.0 Å². The molecule has 4 fully saturated rings. The lowest BCUT2D eigenvalue weighted by molar-refractivity contribution is -0.233. The fourth-order valence-electron chi connectivity index (χ4n) is 13.2. The number of rotatable bonds is 8. The van der Waals surface area contributed by atoms with Gasteiger partial charge in [0.15, 0.2) is 5.78 Å². The largest absolute Gasteiger partial charge is 0.462 e. The molecule has 8 heteroatoms. The molecule has 0 spiro atoms. The number of ether oxygens (including phenoxy) is 1. The number of nitrogens with zero attached hydrogens (tertiary/aromatic N) is 2. The number of aromatic nitrogens is 2. The third-order valence-corrected chi connectivity index (χ3v) is 16.4. The second-order valence-electron chi connectivity index (χ2n) is 20.1. The van der Waals surface area contributed by atoms with Crippen molar-refractivity contribution in [2.75, 3.05) is 0 Å². The quantitative estimate of drug-likeness (QED) is 0.250. The second-order valence-corrected chi connectivity index (χ2v) is 20.1. The molecular formula is C45H61FN2O5. The van der Waals surface area contributed by atoms with Gasteiger partial charge in [-0.15, -0.1) is 10.2 Å². The number of ketones is 2. The zero-order chi connectivity index (χ0) is 38.5. The highest BCUT2D eigenvalue weighted by atomic mass is 19.1. The van der Waals surface area contributed by atoms with Crippen molar-refractivity contribution in [3.8, 4) is 11.5 Å². The Labute approximate surface area is 315 Å². The molecule has 5 aliphatic carbocycles. The summed E-state index contributed by atoms with van der Waals surface area (Å²) in [5, 5.41) is 8.69. The molecule has 2 aromatic rings. The first-order valence-corrected chi connectivity index (χ1v) is 20.3. The van der Waals surface area contributed by atoms with E-state index in [1.807, 2.05) is 13.8 Å². The van der Waals surface area contributed by atoms with Crippen molar-refractivity contribution in [1.82, 2.24) is 10.2 Å². The van der Waals surface area contributed by atoms with Crippen LogP contribution in [0.3, 0.4) is 0 Å². The maximum atomic E-state index is 14.7. The van der Waals surface area contributed by atoms with Gasteiger partial charge in [0.05, 0.1) is 12.0 Å². The summed E-state index contributed by atoms with van der Waals surface area (Å²) in [4.78, 5) is 39.5. The van der Waals surface area contributed by atoms with E-state index in [0.29, 0.717) is 36.1 Å². The smallest absolute Gasteiger partial charge is 0.307 e. The van der Waals surface area contributed by atoms with Gasteiger partial charge < -0.3 is 9.15 Å². The molecule has 8 unspecified atom stereocenters. The van der Waals surface area contributed by atoms with Crippen LogP contribution in [-0.4, -0.2) is 33.8 Å². The van der Waals surface area contributed by atoms with Gasteiger partial charge in [0, 0.05) is 29.1 Å². The molecular weight excluding hydrogens is 668 g/mol. The van der Waals surface area contributed by atoms with E-state index in [1.54, 1.807) is 25.1 Å². The zero-order valence-corrected chi connectivity index (χ0v) is 33.8. The molecule has 0 saturated heterocycles. The minimum Gasteiger partial charge on any atom is -0.462 e. The van der Waals surface area contributed by atoms with Crippen LogP contribution in [0.5, 0.6) is 0 Å². The average molecular weight is 729 g/mol. The van der Waals surface area contributed by atoms with E-state index in [-0.39, 0.29) is 74.9 Å². The Morgan fingerprint density at radius 3 is 2.34 bits per heavy atom. The molecule has 0 aliphatic heterocycles. The Bertz CT molecular complexity index is 1860. The normalized spacial score (nSPS) is 36.4. The third-order valence-electron chi connectivity index (χ3n) is 16.4. The number of allylic oxidation sites excluding steroid dienone is 2. The van der Waals surface area contributed by atoms with Gasteiger partial charge in [0.2, 0.25) is 5.89 Å². The summed E-state index contributed by atoms with van der Waals surface area (Å²) in [6, 6.07) is 6.47. The molecule has 0 amide bonds. The number of carbonyl (C=O) groups excluding carboxylic acids is 3. The van der Waals surface area contributed by atoms with Gasteiger partial charge in [-0.05, 0) is 116 Å². The number of fused-ring (bicyclic) bond motifs is 7. The highest BCUT2D eigenvalue weighted by Gasteiger charge is 2.70. The molecule has 288 valence electrons. The topological polar surface area (TPSA) is 99.4 Å². The van der Waals surface area contributed by atoms with Crippen LogP contribution in [0.15, 0.2) is 39.8 Å². The van der Waals surface area contributed by atoms with Crippen LogP contribution in [0.2, 0.25) is 0 Å². The number of carbonyl (C=O) groups is 3. The predicted molar refractivity (Wildman–Crippen MR) is 202 cm³/mol. The summed E-state index contributed by atoms with van der Waals surface area (Å²) in [5.74, 6) is 1.57. The van der Waals surface area contributed by atoms with Crippen molar-refractivity contribution in [3.63, 3.8) is 0 Å². The highest BCUT2D eigenvalue weighted by Crippen LogP contribution is 2.77. The van der Waals surface area contributed by atoms with Crippen LogP contribution in [0.25, 0.3) is 11.5 Å². The van der Waals surface area contributed by atoms with E-state index < -0.39 is 11.2 Å². The molecule has 8 atom stereocenters. The number of benzene rings is 1. The minimum atomic E-state index is -0.729. The maximum Gasteiger partial charge on any atom is 0.307 e. The molecule has 4 saturated carbocycles. The Morgan fingerprint density at radius 1 is 0.943 bits per heavy atom. The van der Waals surface area contributed by atoms with E-state index in [0.717, 1.165) is 56.9 Å². The molecule has 1 aromatic heterocycles. The molecule has 7 rings (SSSR count). The summed E-state index contributed by atoms with van der Waals surface area (Å²) in [7, 11) is 0. The molecule has 7 nitrogen and oxygen atoms in total. The summed E-state index contributed by atoms with van der Waals surface area (Å²) < 4.78 is 27.1. The third kappa shape index (κ3) is 5.72. The van der Waals surface area contributed by atoms with Gasteiger partial charge in [0.1, 0.15) is 17.7 Å². The van der Waals surface area contributed by atoms with E-state index >= 15 is 0 Å². The van der Waals surface area contributed by atoms with Crippen LogP contribution < -0.4 is 0 Å². The predicted octanol–water partition coefficient (Wildman–Crippen LogP) is 10.3. The van der Waals surface area contributed by atoms with Crippen molar-refractivity contribution in [3.05, 3.63) is 47.1 Å². The van der Waals surface area contributed by atoms with Crippen molar-refractivity contribution < 1.29 is 27.9 Å². The number of Topliss-reactive ketones (excluding diaryl/α,β-unsaturated/α-hetero) is 2. The lowest BCUT2D eigenvalue weighted by atomic mass is 9.33. The van der Waals surface area contributed by atoms with Gasteiger partial charge >= 0.3 is 5.97 Å². The van der Waals surface area contributed by atoms with Crippen LogP contribution in [0.1, 0.15) is 139 Å². The minimum absolute atomic E-state index is 0.00215. The fourth-order valence-corrected chi connectivity index (χ4v) is 13.2. The van der Waals surface area contributed by atoms with E-state index in [4.69, 9.17) is 9.15 Å². The number of hydrogen-bond donors (Lipinski definition) is 0. The molecule has 0 bridgehead atoms. The SMILES string of the molecule is CC(=O)C(C)(C)CC(=O)OC1CCC2(C)C(CCC3(C)C2CCC2C4=C(C(C)C)C(=O)CC4(Cc4nnc(-c5ccccc5F)o4)CCC23C)C1(C)C. The van der Waals surface area contributed by atoms with E-state index in [9.17, 15) is 18.8 Å². The van der Waals surface area contributed by atoms with Gasteiger partial charge in [-0.3, -0.25) is 14.4 Å². The summed E-state index contributed by atoms with van der Waals surface area (Å²) in [6.07, 6.45) is 8.99. The average Bonchev–Trinajstić information content (AvgIpc) is 3.64.